The standard InChI is InChI=1S/C16H36NO5P/c1-7-21-23(18,22-8-2)14-10-16(5,6)19-12-9-15(3,4)20-13-11-17/h7-14,17H2,1-6H3. The summed E-state index contributed by atoms with van der Waals surface area (Å²) in [5.74, 6) is 0. The van der Waals surface area contributed by atoms with Crippen LogP contribution in [0.4, 0.5) is 0 Å². The first-order valence-corrected chi connectivity index (χ1v) is 10.2. The fraction of sp³-hybridized carbons (Fsp3) is 1.00. The summed E-state index contributed by atoms with van der Waals surface area (Å²) in [7, 11) is -3.01. The van der Waals surface area contributed by atoms with E-state index in [0.29, 0.717) is 45.6 Å². The zero-order valence-electron chi connectivity index (χ0n) is 15.7. The summed E-state index contributed by atoms with van der Waals surface area (Å²) >= 11 is 0. The average Bonchev–Trinajstić information content (AvgIpc) is 2.43. The fourth-order valence-electron chi connectivity index (χ4n) is 2.02. The highest BCUT2D eigenvalue weighted by atomic mass is 31.2. The lowest BCUT2D eigenvalue weighted by Crippen LogP contribution is -2.32. The first-order chi connectivity index (χ1) is 10.6. The van der Waals surface area contributed by atoms with Crippen LogP contribution in [0.5, 0.6) is 0 Å². The van der Waals surface area contributed by atoms with E-state index < -0.39 is 13.2 Å². The minimum absolute atomic E-state index is 0.263. The predicted molar refractivity (Wildman–Crippen MR) is 94.1 cm³/mol. The van der Waals surface area contributed by atoms with Gasteiger partial charge in [0.1, 0.15) is 0 Å². The lowest BCUT2D eigenvalue weighted by molar-refractivity contribution is -0.0712. The van der Waals surface area contributed by atoms with Crippen molar-refractivity contribution in [3.63, 3.8) is 0 Å². The number of hydrogen-bond donors (Lipinski definition) is 1. The van der Waals surface area contributed by atoms with Crippen molar-refractivity contribution in [2.45, 2.75) is 65.6 Å². The van der Waals surface area contributed by atoms with Crippen molar-refractivity contribution < 1.29 is 23.1 Å². The molecule has 0 aromatic rings. The van der Waals surface area contributed by atoms with Crippen molar-refractivity contribution in [2.75, 3.05) is 39.1 Å². The molecule has 0 aliphatic heterocycles. The molecule has 0 unspecified atom stereocenters. The van der Waals surface area contributed by atoms with Crippen LogP contribution in [-0.2, 0) is 23.1 Å². The van der Waals surface area contributed by atoms with Crippen LogP contribution in [0.1, 0.15) is 54.4 Å². The third-order valence-corrected chi connectivity index (χ3v) is 5.52. The Kier molecular flexibility index (Phi) is 10.8. The Morgan fingerprint density at radius 2 is 1.35 bits per heavy atom. The van der Waals surface area contributed by atoms with E-state index in [0.717, 1.165) is 6.42 Å². The van der Waals surface area contributed by atoms with E-state index in [2.05, 4.69) is 0 Å². The van der Waals surface area contributed by atoms with Crippen LogP contribution in [-0.4, -0.2) is 50.3 Å². The van der Waals surface area contributed by atoms with Crippen LogP contribution in [0.3, 0.4) is 0 Å². The van der Waals surface area contributed by atoms with Gasteiger partial charge in [0.15, 0.2) is 0 Å². The van der Waals surface area contributed by atoms with Gasteiger partial charge in [-0.2, -0.15) is 0 Å². The van der Waals surface area contributed by atoms with Gasteiger partial charge in [0.2, 0.25) is 0 Å². The smallest absolute Gasteiger partial charge is 0.330 e. The number of rotatable bonds is 14. The largest absolute Gasteiger partial charge is 0.375 e. The van der Waals surface area contributed by atoms with Crippen molar-refractivity contribution in [1.29, 1.82) is 0 Å². The van der Waals surface area contributed by atoms with Gasteiger partial charge in [-0.25, -0.2) is 0 Å². The first kappa shape index (κ1) is 23.0. The van der Waals surface area contributed by atoms with E-state index in [1.807, 2.05) is 41.5 Å². The van der Waals surface area contributed by atoms with Crippen molar-refractivity contribution >= 4 is 7.60 Å². The quantitative estimate of drug-likeness (QED) is 0.481. The lowest BCUT2D eigenvalue weighted by atomic mass is 10.0. The zero-order valence-corrected chi connectivity index (χ0v) is 16.6. The molecule has 0 amide bonds. The summed E-state index contributed by atoms with van der Waals surface area (Å²) in [5, 5.41) is 0. The molecule has 0 radical (unpaired) electrons. The molecule has 0 bridgehead atoms. The number of ether oxygens (including phenoxy) is 2. The highest BCUT2D eigenvalue weighted by Crippen LogP contribution is 2.49. The Hall–Kier alpha value is 0.0300. The van der Waals surface area contributed by atoms with Gasteiger partial charge >= 0.3 is 7.60 Å². The maximum absolute atomic E-state index is 12.5. The van der Waals surface area contributed by atoms with Crippen LogP contribution in [0.2, 0.25) is 0 Å². The molecule has 0 heterocycles. The Morgan fingerprint density at radius 1 is 0.870 bits per heavy atom. The molecule has 23 heavy (non-hydrogen) atoms. The van der Waals surface area contributed by atoms with E-state index >= 15 is 0 Å². The normalized spacial score (nSPS) is 13.5. The summed E-state index contributed by atoms with van der Waals surface area (Å²) < 4.78 is 34.7. The number of hydrogen-bond acceptors (Lipinski definition) is 6. The van der Waals surface area contributed by atoms with Crippen LogP contribution in [0.15, 0.2) is 0 Å². The molecule has 0 aromatic heterocycles. The Bertz CT molecular complexity index is 350. The van der Waals surface area contributed by atoms with E-state index in [9.17, 15) is 4.57 Å². The second kappa shape index (κ2) is 10.8. The van der Waals surface area contributed by atoms with Gasteiger partial charge in [-0.1, -0.05) is 0 Å². The molecule has 0 aliphatic rings. The Labute approximate surface area is 141 Å². The van der Waals surface area contributed by atoms with E-state index in [4.69, 9.17) is 24.3 Å². The summed E-state index contributed by atoms with van der Waals surface area (Å²) in [6.07, 6.45) is 1.73. The van der Waals surface area contributed by atoms with Gasteiger partial charge in [-0.05, 0) is 54.4 Å². The van der Waals surface area contributed by atoms with Crippen LogP contribution in [0, 0.1) is 0 Å². The SMILES string of the molecule is CCOP(=O)(CCC(C)(C)OCCC(C)(C)OCCN)OCC. The van der Waals surface area contributed by atoms with Gasteiger partial charge in [0, 0.05) is 6.54 Å². The van der Waals surface area contributed by atoms with Crippen molar-refractivity contribution in [1.82, 2.24) is 0 Å². The Balaban J connectivity index is 4.29. The van der Waals surface area contributed by atoms with Crippen LogP contribution in [0.25, 0.3) is 0 Å². The maximum atomic E-state index is 12.5. The van der Waals surface area contributed by atoms with Gasteiger partial charge in [0.05, 0.1) is 43.8 Å². The van der Waals surface area contributed by atoms with E-state index in [1.165, 1.54) is 0 Å². The minimum atomic E-state index is -3.01. The molecule has 0 aromatic carbocycles. The van der Waals surface area contributed by atoms with Gasteiger partial charge in [-0.3, -0.25) is 4.57 Å². The monoisotopic (exact) mass is 353 g/mol. The number of nitrogens with two attached hydrogens (primary N) is 1. The van der Waals surface area contributed by atoms with Gasteiger partial charge in [-0.15, -0.1) is 0 Å². The molecule has 2 N–H and O–H groups in total. The molecule has 0 spiro atoms. The average molecular weight is 353 g/mol. The molecule has 0 saturated heterocycles. The van der Waals surface area contributed by atoms with Gasteiger partial charge < -0.3 is 24.3 Å². The van der Waals surface area contributed by atoms with Crippen LogP contribution >= 0.6 is 7.60 Å². The summed E-state index contributed by atoms with van der Waals surface area (Å²) in [6, 6.07) is 0. The molecular weight excluding hydrogens is 317 g/mol. The second-order valence-electron chi connectivity index (χ2n) is 6.68. The molecule has 140 valence electrons. The van der Waals surface area contributed by atoms with Crippen LogP contribution < -0.4 is 5.73 Å². The molecule has 6 nitrogen and oxygen atoms in total. The minimum Gasteiger partial charge on any atom is -0.375 e. The summed E-state index contributed by atoms with van der Waals surface area (Å²) in [4.78, 5) is 0. The fourth-order valence-corrected chi connectivity index (χ4v) is 3.95. The summed E-state index contributed by atoms with van der Waals surface area (Å²) in [5.41, 5.74) is 4.80. The highest BCUT2D eigenvalue weighted by molar-refractivity contribution is 7.53. The van der Waals surface area contributed by atoms with Crippen molar-refractivity contribution in [2.24, 2.45) is 5.73 Å². The third kappa shape index (κ3) is 11.2. The lowest BCUT2D eigenvalue weighted by Gasteiger charge is -2.30. The molecule has 0 rings (SSSR count). The predicted octanol–water partition coefficient (Wildman–Crippen LogP) is 3.58. The second-order valence-corrected chi connectivity index (χ2v) is 8.86. The molecular formula is C16H36NO5P. The van der Waals surface area contributed by atoms with Gasteiger partial charge in [0.25, 0.3) is 0 Å². The zero-order chi connectivity index (χ0) is 18.0. The third-order valence-electron chi connectivity index (χ3n) is 3.45. The molecule has 0 atom stereocenters. The highest BCUT2D eigenvalue weighted by Gasteiger charge is 2.29. The molecule has 7 heteroatoms. The molecule has 0 aliphatic carbocycles. The summed E-state index contributed by atoms with van der Waals surface area (Å²) in [6.45, 7) is 14.0. The molecule has 0 fully saturated rings. The first-order valence-electron chi connectivity index (χ1n) is 8.46. The van der Waals surface area contributed by atoms with Crippen molar-refractivity contribution in [3.8, 4) is 0 Å². The van der Waals surface area contributed by atoms with E-state index in [-0.39, 0.29) is 5.60 Å². The van der Waals surface area contributed by atoms with E-state index in [1.54, 1.807) is 0 Å². The molecule has 0 saturated carbocycles. The maximum Gasteiger partial charge on any atom is 0.330 e. The Morgan fingerprint density at radius 3 is 1.83 bits per heavy atom. The van der Waals surface area contributed by atoms with Crippen molar-refractivity contribution in [3.05, 3.63) is 0 Å². The topological polar surface area (TPSA) is 80.0 Å².